The molecule has 0 aliphatic carbocycles. The van der Waals surface area contributed by atoms with Crippen LogP contribution < -0.4 is 10.2 Å². The zero-order chi connectivity index (χ0) is 26.3. The minimum atomic E-state index is -4.41. The van der Waals surface area contributed by atoms with Gasteiger partial charge in [0, 0.05) is 23.6 Å². The van der Waals surface area contributed by atoms with E-state index in [2.05, 4.69) is 25.7 Å². The lowest BCUT2D eigenvalue weighted by atomic mass is 10.1. The van der Waals surface area contributed by atoms with Gasteiger partial charge in [0.2, 0.25) is 0 Å². The van der Waals surface area contributed by atoms with Gasteiger partial charge in [0.1, 0.15) is 5.75 Å². The van der Waals surface area contributed by atoms with E-state index in [0.29, 0.717) is 23.2 Å². The third kappa shape index (κ3) is 6.73. The maximum Gasteiger partial charge on any atom is 0.416 e. The lowest BCUT2D eigenvalue weighted by Gasteiger charge is -2.11. The Balaban J connectivity index is 1.46. The highest BCUT2D eigenvalue weighted by Gasteiger charge is 2.29. The first kappa shape index (κ1) is 25.9. The molecule has 0 unspecified atom stereocenters. The van der Waals surface area contributed by atoms with Gasteiger partial charge in [-0.2, -0.15) is 18.3 Å². The van der Waals surface area contributed by atoms with Gasteiger partial charge in [0.05, 0.1) is 24.1 Å². The predicted molar refractivity (Wildman–Crippen MR) is 134 cm³/mol. The van der Waals surface area contributed by atoms with Gasteiger partial charge >= 0.3 is 6.18 Å². The number of ether oxygens (including phenoxy) is 1. The fourth-order valence-corrected chi connectivity index (χ4v) is 3.98. The molecule has 190 valence electrons. The molecule has 0 spiro atoms. The molecule has 0 aliphatic rings. The summed E-state index contributed by atoms with van der Waals surface area (Å²) in [7, 11) is 0. The van der Waals surface area contributed by atoms with Crippen molar-refractivity contribution < 1.29 is 22.7 Å². The van der Waals surface area contributed by atoms with Crippen molar-refractivity contribution in [3.05, 3.63) is 84.2 Å². The zero-order valence-corrected chi connectivity index (χ0v) is 20.3. The molecule has 1 amide bonds. The topological polar surface area (TPSA) is 94.3 Å². The average molecular weight is 527 g/mol. The van der Waals surface area contributed by atoms with E-state index in [-0.39, 0.29) is 5.75 Å². The number of amides is 1. The molecule has 0 atom stereocenters. The third-order valence-electron chi connectivity index (χ3n) is 4.93. The Bertz CT molecular complexity index is 1360. The number of pyridine rings is 1. The summed E-state index contributed by atoms with van der Waals surface area (Å²) in [6.07, 6.45) is 0.189. The van der Waals surface area contributed by atoms with Crippen LogP contribution in [0.15, 0.2) is 83.3 Å². The molecular weight excluding hydrogens is 505 g/mol. The molecule has 1 N–H and O–H groups in total. The second kappa shape index (κ2) is 11.7. The van der Waals surface area contributed by atoms with Gasteiger partial charge in [0.25, 0.3) is 5.91 Å². The standard InChI is InChI=1S/C25H21F3N6O2S/c1-2-36-21-11-9-20(10-12-21)34-23(18-4-3-13-29-15-18)32-33-24(34)37-16-22(35)31-30-14-17-5-7-19(8-6-17)25(26,27)28/h3-15H,2,16H2,1H3,(H,31,35)/b30-14-. The van der Waals surface area contributed by atoms with E-state index < -0.39 is 17.6 Å². The normalized spacial score (nSPS) is 11.6. The molecule has 0 fully saturated rings. The maximum atomic E-state index is 12.7. The fourth-order valence-electron chi connectivity index (χ4n) is 3.24. The van der Waals surface area contributed by atoms with Crippen molar-refractivity contribution in [3.63, 3.8) is 0 Å². The number of nitrogens with one attached hydrogen (secondary N) is 1. The molecule has 8 nitrogen and oxygen atoms in total. The summed E-state index contributed by atoms with van der Waals surface area (Å²) < 4.78 is 45.4. The smallest absolute Gasteiger partial charge is 0.416 e. The second-order valence-electron chi connectivity index (χ2n) is 7.51. The van der Waals surface area contributed by atoms with E-state index in [0.717, 1.165) is 40.9 Å². The van der Waals surface area contributed by atoms with Crippen molar-refractivity contribution in [2.24, 2.45) is 5.10 Å². The van der Waals surface area contributed by atoms with Gasteiger partial charge < -0.3 is 4.74 Å². The number of alkyl halides is 3. The molecule has 0 bridgehead atoms. The molecule has 4 aromatic rings. The van der Waals surface area contributed by atoms with Crippen molar-refractivity contribution in [2.75, 3.05) is 12.4 Å². The SMILES string of the molecule is CCOc1ccc(-n2c(SCC(=O)N/N=C\c3ccc(C(F)(F)F)cc3)nnc2-c2cccnc2)cc1. The lowest BCUT2D eigenvalue weighted by Crippen LogP contribution is -2.20. The van der Waals surface area contributed by atoms with Gasteiger partial charge in [-0.25, -0.2) is 5.43 Å². The molecule has 37 heavy (non-hydrogen) atoms. The van der Waals surface area contributed by atoms with Crippen LogP contribution in [0.5, 0.6) is 5.75 Å². The number of nitrogens with zero attached hydrogens (tertiary/aromatic N) is 5. The van der Waals surface area contributed by atoms with Gasteiger partial charge in [0.15, 0.2) is 11.0 Å². The highest BCUT2D eigenvalue weighted by molar-refractivity contribution is 7.99. The van der Waals surface area contributed by atoms with Crippen molar-refractivity contribution in [2.45, 2.75) is 18.3 Å². The Labute approximate surface area is 214 Å². The van der Waals surface area contributed by atoms with Crippen LogP contribution in [0.4, 0.5) is 13.2 Å². The van der Waals surface area contributed by atoms with Crippen LogP contribution in [0, 0.1) is 0 Å². The van der Waals surface area contributed by atoms with E-state index >= 15 is 0 Å². The Morgan fingerprint density at radius 2 is 1.86 bits per heavy atom. The summed E-state index contributed by atoms with van der Waals surface area (Å²) in [5, 5.41) is 12.9. The molecule has 0 saturated heterocycles. The largest absolute Gasteiger partial charge is 0.494 e. The number of hydrogen-bond donors (Lipinski definition) is 1. The lowest BCUT2D eigenvalue weighted by molar-refractivity contribution is -0.137. The minimum Gasteiger partial charge on any atom is -0.494 e. The maximum absolute atomic E-state index is 12.7. The van der Waals surface area contributed by atoms with Crippen LogP contribution in [0.1, 0.15) is 18.1 Å². The molecule has 2 aromatic heterocycles. The highest BCUT2D eigenvalue weighted by atomic mass is 32.2. The second-order valence-corrected chi connectivity index (χ2v) is 8.45. The minimum absolute atomic E-state index is 0.0213. The van der Waals surface area contributed by atoms with Gasteiger partial charge in [-0.1, -0.05) is 23.9 Å². The summed E-state index contributed by atoms with van der Waals surface area (Å²) in [6, 6.07) is 15.5. The molecule has 2 heterocycles. The zero-order valence-electron chi connectivity index (χ0n) is 19.5. The van der Waals surface area contributed by atoms with Crippen molar-refractivity contribution >= 4 is 23.9 Å². The number of halogens is 3. The third-order valence-corrected chi connectivity index (χ3v) is 5.86. The Kier molecular flexibility index (Phi) is 8.18. The van der Waals surface area contributed by atoms with Crippen LogP contribution >= 0.6 is 11.8 Å². The number of benzene rings is 2. The van der Waals surface area contributed by atoms with Crippen molar-refractivity contribution in [1.29, 1.82) is 0 Å². The predicted octanol–water partition coefficient (Wildman–Crippen LogP) is 4.99. The quantitative estimate of drug-likeness (QED) is 0.188. The van der Waals surface area contributed by atoms with E-state index in [1.54, 1.807) is 18.5 Å². The number of aromatic nitrogens is 4. The summed E-state index contributed by atoms with van der Waals surface area (Å²) in [5.41, 5.74) is 3.55. The Morgan fingerprint density at radius 1 is 1.11 bits per heavy atom. The molecule has 4 rings (SSSR count). The number of rotatable bonds is 9. The first-order valence-corrected chi connectivity index (χ1v) is 12.0. The first-order valence-electron chi connectivity index (χ1n) is 11.1. The molecule has 0 aliphatic heterocycles. The fraction of sp³-hybridized carbons (Fsp3) is 0.160. The van der Waals surface area contributed by atoms with E-state index in [1.807, 2.05) is 41.8 Å². The van der Waals surface area contributed by atoms with Gasteiger partial charge in [-0.3, -0.25) is 14.3 Å². The number of carbonyl (C=O) groups excluding carboxylic acids is 1. The van der Waals surface area contributed by atoms with E-state index in [4.69, 9.17) is 4.74 Å². The van der Waals surface area contributed by atoms with Crippen LogP contribution in [0.2, 0.25) is 0 Å². The van der Waals surface area contributed by atoms with Crippen LogP contribution in [-0.2, 0) is 11.0 Å². The van der Waals surface area contributed by atoms with Gasteiger partial charge in [-0.05, 0) is 61.0 Å². The number of hydrazone groups is 1. The first-order chi connectivity index (χ1) is 17.8. The summed E-state index contributed by atoms with van der Waals surface area (Å²) in [6.45, 7) is 2.45. The van der Waals surface area contributed by atoms with Crippen molar-refractivity contribution in [1.82, 2.24) is 25.2 Å². The monoisotopic (exact) mass is 526 g/mol. The molecule has 12 heteroatoms. The Hall–Kier alpha value is -4.19. The highest BCUT2D eigenvalue weighted by Crippen LogP contribution is 2.29. The van der Waals surface area contributed by atoms with Crippen LogP contribution in [0.25, 0.3) is 17.1 Å². The van der Waals surface area contributed by atoms with Crippen molar-refractivity contribution in [3.8, 4) is 22.8 Å². The average Bonchev–Trinajstić information content (AvgIpc) is 3.32. The Morgan fingerprint density at radius 3 is 2.51 bits per heavy atom. The number of hydrogen-bond acceptors (Lipinski definition) is 7. The van der Waals surface area contributed by atoms with Crippen LogP contribution in [0.3, 0.4) is 0 Å². The van der Waals surface area contributed by atoms with Gasteiger partial charge in [-0.15, -0.1) is 10.2 Å². The summed E-state index contributed by atoms with van der Waals surface area (Å²) in [5.74, 6) is 0.839. The summed E-state index contributed by atoms with van der Waals surface area (Å²) in [4.78, 5) is 16.5. The molecule has 2 aromatic carbocycles. The van der Waals surface area contributed by atoms with E-state index in [1.165, 1.54) is 18.3 Å². The molecular formula is C25H21F3N6O2S. The molecule has 0 saturated carbocycles. The summed E-state index contributed by atoms with van der Waals surface area (Å²) >= 11 is 1.16. The number of thioether (sulfide) groups is 1. The molecule has 0 radical (unpaired) electrons. The van der Waals surface area contributed by atoms with Crippen LogP contribution in [-0.4, -0.2) is 44.2 Å². The van der Waals surface area contributed by atoms with E-state index in [9.17, 15) is 18.0 Å². The number of carbonyl (C=O) groups is 1.